The number of rotatable bonds is 4. The quantitative estimate of drug-likeness (QED) is 0.490. The molecule has 14 heavy (non-hydrogen) atoms. The Morgan fingerprint density at radius 1 is 1.57 bits per heavy atom. The maximum absolute atomic E-state index is 11.5. The van der Waals surface area contributed by atoms with E-state index in [1.165, 1.54) is 4.90 Å². The first kappa shape index (κ1) is 11.1. The van der Waals surface area contributed by atoms with E-state index in [9.17, 15) is 9.59 Å². The van der Waals surface area contributed by atoms with Crippen LogP contribution in [0.25, 0.3) is 0 Å². The van der Waals surface area contributed by atoms with Gasteiger partial charge in [0.05, 0.1) is 19.2 Å². The highest BCUT2D eigenvalue weighted by Gasteiger charge is 2.31. The van der Waals surface area contributed by atoms with Crippen molar-refractivity contribution in [3.8, 4) is 0 Å². The number of piperidine rings is 1. The molecule has 2 amide bonds. The zero-order chi connectivity index (χ0) is 10.6. The lowest BCUT2D eigenvalue weighted by Gasteiger charge is -2.28. The zero-order valence-corrected chi connectivity index (χ0v) is 8.36. The van der Waals surface area contributed by atoms with E-state index in [0.717, 1.165) is 0 Å². The van der Waals surface area contributed by atoms with Gasteiger partial charge in [0.15, 0.2) is 0 Å². The van der Waals surface area contributed by atoms with Crippen LogP contribution in [0.15, 0.2) is 0 Å². The lowest BCUT2D eigenvalue weighted by molar-refractivity contribution is -0.150. The zero-order valence-electron chi connectivity index (χ0n) is 8.36. The van der Waals surface area contributed by atoms with Crippen LogP contribution in [0, 0.1) is 0 Å². The van der Waals surface area contributed by atoms with Crippen molar-refractivity contribution in [1.82, 2.24) is 4.90 Å². The largest absolute Gasteiger partial charge is 0.380 e. The third-order valence-corrected chi connectivity index (χ3v) is 2.22. The van der Waals surface area contributed by atoms with E-state index in [2.05, 4.69) is 0 Å². The normalized spacial score (nSPS) is 23.0. The second-order valence-corrected chi connectivity index (χ2v) is 3.23. The van der Waals surface area contributed by atoms with Crippen LogP contribution in [0.2, 0.25) is 0 Å². The highest BCUT2D eigenvalue weighted by molar-refractivity contribution is 6.00. The van der Waals surface area contributed by atoms with Gasteiger partial charge in [-0.2, -0.15) is 0 Å². The molecule has 1 rings (SSSR count). The van der Waals surface area contributed by atoms with Gasteiger partial charge >= 0.3 is 0 Å². The molecule has 1 fully saturated rings. The van der Waals surface area contributed by atoms with E-state index in [0.29, 0.717) is 32.6 Å². The number of imide groups is 1. The van der Waals surface area contributed by atoms with Crippen molar-refractivity contribution in [1.29, 1.82) is 0 Å². The summed E-state index contributed by atoms with van der Waals surface area (Å²) in [5, 5.41) is 0. The van der Waals surface area contributed by atoms with Crippen molar-refractivity contribution < 1.29 is 14.3 Å². The number of likely N-dealkylation sites (tertiary alicyclic amines) is 1. The summed E-state index contributed by atoms with van der Waals surface area (Å²) in [6.45, 7) is 3.16. The maximum Gasteiger partial charge on any atom is 0.246 e. The molecule has 2 N–H and O–H groups in total. The molecule has 1 aliphatic rings. The molecule has 0 bridgehead atoms. The van der Waals surface area contributed by atoms with E-state index >= 15 is 0 Å². The Kier molecular flexibility index (Phi) is 4.03. The van der Waals surface area contributed by atoms with Crippen LogP contribution in [0.3, 0.4) is 0 Å². The summed E-state index contributed by atoms with van der Waals surface area (Å²) in [6.07, 6.45) is 0.821. The second kappa shape index (κ2) is 5.07. The summed E-state index contributed by atoms with van der Waals surface area (Å²) in [6, 6.07) is -0.519. The average molecular weight is 200 g/mol. The molecular formula is C9H16N2O3. The van der Waals surface area contributed by atoms with Crippen molar-refractivity contribution in [3.05, 3.63) is 0 Å². The standard InChI is InChI=1S/C9H16N2O3/c1-2-14-6-5-11-8(12)4-3-7(10)9(11)13/h7H,2-6,10H2,1H3. The Morgan fingerprint density at radius 2 is 2.29 bits per heavy atom. The van der Waals surface area contributed by atoms with Crippen molar-refractivity contribution in [2.24, 2.45) is 5.73 Å². The summed E-state index contributed by atoms with van der Waals surface area (Å²) in [7, 11) is 0. The number of hydrogen-bond donors (Lipinski definition) is 1. The number of amides is 2. The molecule has 0 saturated carbocycles. The van der Waals surface area contributed by atoms with E-state index in [-0.39, 0.29) is 11.8 Å². The van der Waals surface area contributed by atoms with Crippen LogP contribution in [-0.4, -0.2) is 42.5 Å². The molecule has 0 aliphatic carbocycles. The molecule has 5 nitrogen and oxygen atoms in total. The predicted molar refractivity (Wildman–Crippen MR) is 50.4 cm³/mol. The first-order valence-electron chi connectivity index (χ1n) is 4.84. The molecule has 80 valence electrons. The molecular weight excluding hydrogens is 184 g/mol. The molecule has 0 aromatic rings. The topological polar surface area (TPSA) is 72.6 Å². The molecule has 0 radical (unpaired) electrons. The molecule has 0 aromatic heterocycles. The molecule has 5 heteroatoms. The van der Waals surface area contributed by atoms with Crippen LogP contribution in [-0.2, 0) is 14.3 Å². The molecule has 0 spiro atoms. The Hall–Kier alpha value is -0.940. The van der Waals surface area contributed by atoms with E-state index < -0.39 is 6.04 Å². The Bertz CT molecular complexity index is 230. The summed E-state index contributed by atoms with van der Waals surface area (Å²) >= 11 is 0. The molecule has 1 unspecified atom stereocenters. The monoisotopic (exact) mass is 200 g/mol. The lowest BCUT2D eigenvalue weighted by atomic mass is 10.1. The fourth-order valence-electron chi connectivity index (χ4n) is 1.40. The van der Waals surface area contributed by atoms with Gasteiger partial charge < -0.3 is 10.5 Å². The summed E-state index contributed by atoms with van der Waals surface area (Å²) in [4.78, 5) is 24.0. The van der Waals surface area contributed by atoms with Gasteiger partial charge in [0.25, 0.3) is 0 Å². The van der Waals surface area contributed by atoms with Crippen molar-refractivity contribution in [2.75, 3.05) is 19.8 Å². The molecule has 1 aliphatic heterocycles. The van der Waals surface area contributed by atoms with E-state index in [4.69, 9.17) is 10.5 Å². The van der Waals surface area contributed by atoms with Crippen LogP contribution < -0.4 is 5.73 Å². The van der Waals surface area contributed by atoms with Gasteiger partial charge in [-0.3, -0.25) is 14.5 Å². The van der Waals surface area contributed by atoms with Gasteiger partial charge in [-0.25, -0.2) is 0 Å². The Morgan fingerprint density at radius 3 is 2.93 bits per heavy atom. The lowest BCUT2D eigenvalue weighted by Crippen LogP contribution is -2.52. The molecule has 1 saturated heterocycles. The first-order chi connectivity index (χ1) is 6.66. The van der Waals surface area contributed by atoms with Crippen LogP contribution in [0.1, 0.15) is 19.8 Å². The number of nitrogens with zero attached hydrogens (tertiary/aromatic N) is 1. The molecule has 0 aromatic carbocycles. The number of carbonyl (C=O) groups is 2. The second-order valence-electron chi connectivity index (χ2n) is 3.23. The fourth-order valence-corrected chi connectivity index (χ4v) is 1.40. The third-order valence-electron chi connectivity index (χ3n) is 2.22. The third kappa shape index (κ3) is 2.52. The smallest absolute Gasteiger partial charge is 0.246 e. The summed E-state index contributed by atoms with van der Waals surface area (Å²) in [5.74, 6) is -0.419. The number of ether oxygens (including phenoxy) is 1. The molecule has 1 heterocycles. The number of carbonyl (C=O) groups excluding carboxylic acids is 2. The highest BCUT2D eigenvalue weighted by atomic mass is 16.5. The van der Waals surface area contributed by atoms with Gasteiger partial charge in [0.2, 0.25) is 11.8 Å². The predicted octanol–water partition coefficient (Wildman–Crippen LogP) is -0.501. The Labute approximate surface area is 83.2 Å². The summed E-state index contributed by atoms with van der Waals surface area (Å²) in [5.41, 5.74) is 5.55. The van der Waals surface area contributed by atoms with Crippen LogP contribution in [0.4, 0.5) is 0 Å². The first-order valence-corrected chi connectivity index (χ1v) is 4.84. The number of hydrogen-bond acceptors (Lipinski definition) is 4. The minimum absolute atomic E-state index is 0.142. The highest BCUT2D eigenvalue weighted by Crippen LogP contribution is 2.10. The maximum atomic E-state index is 11.5. The van der Waals surface area contributed by atoms with Crippen LogP contribution in [0.5, 0.6) is 0 Å². The van der Waals surface area contributed by atoms with Crippen molar-refractivity contribution in [2.45, 2.75) is 25.8 Å². The Balaban J connectivity index is 2.46. The van der Waals surface area contributed by atoms with Gasteiger partial charge in [-0.05, 0) is 13.3 Å². The minimum atomic E-state index is -0.519. The van der Waals surface area contributed by atoms with Crippen molar-refractivity contribution >= 4 is 11.8 Å². The van der Waals surface area contributed by atoms with Gasteiger partial charge in [-0.15, -0.1) is 0 Å². The van der Waals surface area contributed by atoms with E-state index in [1.807, 2.05) is 6.92 Å². The van der Waals surface area contributed by atoms with Gasteiger partial charge in [-0.1, -0.05) is 0 Å². The minimum Gasteiger partial charge on any atom is -0.380 e. The fraction of sp³-hybridized carbons (Fsp3) is 0.778. The van der Waals surface area contributed by atoms with Crippen molar-refractivity contribution in [3.63, 3.8) is 0 Å². The van der Waals surface area contributed by atoms with Gasteiger partial charge in [0.1, 0.15) is 0 Å². The molecule has 1 atom stereocenters. The van der Waals surface area contributed by atoms with E-state index in [1.54, 1.807) is 0 Å². The van der Waals surface area contributed by atoms with Crippen LogP contribution >= 0.6 is 0 Å². The summed E-state index contributed by atoms with van der Waals surface area (Å²) < 4.78 is 5.08. The SMILES string of the molecule is CCOCCN1C(=O)CCC(N)C1=O. The number of nitrogens with two attached hydrogens (primary N) is 1. The average Bonchev–Trinajstić information content (AvgIpc) is 2.18. The van der Waals surface area contributed by atoms with Gasteiger partial charge in [0, 0.05) is 13.0 Å².